The summed E-state index contributed by atoms with van der Waals surface area (Å²) < 4.78 is 33.7. The monoisotopic (exact) mass is 409 g/mol. The molecule has 10 nitrogen and oxygen atoms in total. The van der Waals surface area contributed by atoms with Crippen LogP contribution in [0.15, 0.2) is 41.6 Å². The Morgan fingerprint density at radius 1 is 1.36 bits per heavy atom. The van der Waals surface area contributed by atoms with Gasteiger partial charge >= 0.3 is 0 Å². The maximum atomic E-state index is 12.7. The summed E-state index contributed by atoms with van der Waals surface area (Å²) >= 11 is 0. The molecule has 1 N–H and O–H groups in total. The minimum Gasteiger partial charge on any atom is -0.379 e. The maximum absolute atomic E-state index is 12.7. The number of nitrogens with one attached hydrogen (secondary N) is 1. The third-order valence-electron chi connectivity index (χ3n) is 4.47. The Kier molecular flexibility index (Phi) is 6.27. The van der Waals surface area contributed by atoms with E-state index in [2.05, 4.69) is 10.4 Å². The first kappa shape index (κ1) is 20.2. The Hall–Kier alpha value is -2.50. The fourth-order valence-electron chi connectivity index (χ4n) is 2.98. The molecule has 3 rings (SSSR count). The average Bonchev–Trinajstić information content (AvgIpc) is 3.19. The van der Waals surface area contributed by atoms with E-state index < -0.39 is 14.9 Å². The van der Waals surface area contributed by atoms with Crippen LogP contribution in [0.4, 0.5) is 11.4 Å². The number of nitrogens with zero attached hydrogens (tertiary/aromatic N) is 4. The van der Waals surface area contributed by atoms with Crippen LogP contribution in [-0.4, -0.2) is 60.3 Å². The van der Waals surface area contributed by atoms with Crippen molar-refractivity contribution in [3.05, 3.63) is 46.8 Å². The van der Waals surface area contributed by atoms with Gasteiger partial charge in [0.05, 0.1) is 23.0 Å². The zero-order chi connectivity index (χ0) is 20.1. The van der Waals surface area contributed by atoms with Gasteiger partial charge in [0.15, 0.2) is 0 Å². The maximum Gasteiger partial charge on any atom is 0.293 e. The van der Waals surface area contributed by atoms with E-state index in [1.165, 1.54) is 16.4 Å². The molecule has 0 saturated carbocycles. The number of benzene rings is 1. The lowest BCUT2D eigenvalue weighted by molar-refractivity contribution is -0.384. The summed E-state index contributed by atoms with van der Waals surface area (Å²) in [4.78, 5) is 10.8. The number of rotatable bonds is 8. The molecule has 0 amide bonds. The number of anilines is 1. The van der Waals surface area contributed by atoms with Gasteiger partial charge in [-0.2, -0.15) is 9.40 Å². The summed E-state index contributed by atoms with van der Waals surface area (Å²) in [5, 5.41) is 18.7. The van der Waals surface area contributed by atoms with Crippen molar-refractivity contribution in [2.45, 2.75) is 18.4 Å². The molecular weight excluding hydrogens is 386 g/mol. The Morgan fingerprint density at radius 2 is 2.11 bits per heavy atom. The number of hydrogen-bond donors (Lipinski definition) is 1. The third-order valence-corrected chi connectivity index (χ3v) is 6.37. The molecule has 1 aromatic carbocycles. The highest BCUT2D eigenvalue weighted by Crippen LogP contribution is 2.29. The summed E-state index contributed by atoms with van der Waals surface area (Å²) in [5.41, 5.74) is 0.0267. The van der Waals surface area contributed by atoms with Crippen LogP contribution in [0, 0.1) is 16.0 Å². The van der Waals surface area contributed by atoms with Gasteiger partial charge < -0.3 is 10.1 Å². The van der Waals surface area contributed by atoms with E-state index in [1.807, 2.05) is 19.2 Å². The Morgan fingerprint density at radius 3 is 2.75 bits per heavy atom. The molecule has 11 heteroatoms. The number of sulfonamides is 1. The van der Waals surface area contributed by atoms with Crippen LogP contribution in [-0.2, 0) is 21.3 Å². The molecule has 1 atom stereocenters. The average molecular weight is 409 g/mol. The van der Waals surface area contributed by atoms with Crippen molar-refractivity contribution < 1.29 is 18.1 Å². The molecule has 1 fully saturated rings. The minimum atomic E-state index is -3.79. The van der Waals surface area contributed by atoms with Gasteiger partial charge in [-0.15, -0.1) is 0 Å². The molecule has 2 aromatic rings. The Bertz CT molecular complexity index is 910. The van der Waals surface area contributed by atoms with Crippen LogP contribution >= 0.6 is 0 Å². The second-order valence-corrected chi connectivity index (χ2v) is 8.60. The molecular formula is C17H23N5O5S. The van der Waals surface area contributed by atoms with E-state index in [0.29, 0.717) is 32.0 Å². The zero-order valence-electron chi connectivity index (χ0n) is 15.5. The number of aromatic nitrogens is 2. The molecule has 0 aliphatic carbocycles. The van der Waals surface area contributed by atoms with E-state index >= 15 is 0 Å². The summed E-state index contributed by atoms with van der Waals surface area (Å²) in [5.74, 6) is 0.163. The number of ether oxygens (including phenoxy) is 1. The molecule has 0 spiro atoms. The molecule has 0 unspecified atom stereocenters. The zero-order valence-corrected chi connectivity index (χ0v) is 16.3. The lowest BCUT2D eigenvalue weighted by atomic mass is 10.1. The van der Waals surface area contributed by atoms with E-state index in [-0.39, 0.29) is 29.6 Å². The van der Waals surface area contributed by atoms with Crippen molar-refractivity contribution >= 4 is 21.4 Å². The highest BCUT2D eigenvalue weighted by Gasteiger charge is 2.28. The van der Waals surface area contributed by atoms with Crippen LogP contribution < -0.4 is 5.32 Å². The Labute approximate surface area is 163 Å². The van der Waals surface area contributed by atoms with Crippen LogP contribution in [0.5, 0.6) is 0 Å². The number of morpholine rings is 1. The van der Waals surface area contributed by atoms with Crippen LogP contribution in [0.3, 0.4) is 0 Å². The van der Waals surface area contributed by atoms with Crippen molar-refractivity contribution in [2.75, 3.05) is 38.2 Å². The largest absolute Gasteiger partial charge is 0.379 e. The minimum absolute atomic E-state index is 0.0868. The predicted octanol–water partition coefficient (Wildman–Crippen LogP) is 1.56. The number of nitro groups is 1. The first-order valence-corrected chi connectivity index (χ1v) is 10.4. The molecule has 28 heavy (non-hydrogen) atoms. The molecule has 1 aromatic heterocycles. The lowest BCUT2D eigenvalue weighted by Crippen LogP contribution is -2.40. The van der Waals surface area contributed by atoms with Gasteiger partial charge in [0.1, 0.15) is 5.69 Å². The highest BCUT2D eigenvalue weighted by molar-refractivity contribution is 7.89. The summed E-state index contributed by atoms with van der Waals surface area (Å²) in [6.45, 7) is 4.25. The second-order valence-electron chi connectivity index (χ2n) is 6.67. The van der Waals surface area contributed by atoms with Crippen LogP contribution in [0.25, 0.3) is 0 Å². The van der Waals surface area contributed by atoms with E-state index in [1.54, 1.807) is 10.9 Å². The number of hydrogen-bond acceptors (Lipinski definition) is 7. The SMILES string of the molecule is C[C@@H](CNc1ccc(S(=O)(=O)N2CCOCC2)cc1[N+](=O)[O-])Cn1cccn1. The fraction of sp³-hybridized carbons (Fsp3) is 0.471. The summed E-state index contributed by atoms with van der Waals surface area (Å²) in [6, 6.07) is 5.80. The van der Waals surface area contributed by atoms with E-state index in [0.717, 1.165) is 6.07 Å². The van der Waals surface area contributed by atoms with Gasteiger partial charge in [-0.25, -0.2) is 8.42 Å². The van der Waals surface area contributed by atoms with Gasteiger partial charge in [-0.1, -0.05) is 6.92 Å². The quantitative estimate of drug-likeness (QED) is 0.519. The number of nitro benzene ring substituents is 1. The van der Waals surface area contributed by atoms with Crippen molar-refractivity contribution in [1.29, 1.82) is 0 Å². The van der Waals surface area contributed by atoms with Crippen molar-refractivity contribution in [3.8, 4) is 0 Å². The molecule has 152 valence electrons. The standard InChI is InChI=1S/C17H23N5O5S/c1-14(13-20-6-2-5-19-20)12-18-16-4-3-15(11-17(16)22(23)24)28(25,26)21-7-9-27-10-8-21/h2-6,11,14,18H,7-10,12-13H2,1H3/t14-/m0/s1. The molecule has 1 aliphatic rings. The van der Waals surface area contributed by atoms with Crippen LogP contribution in [0.2, 0.25) is 0 Å². The van der Waals surface area contributed by atoms with E-state index in [4.69, 9.17) is 4.74 Å². The first-order chi connectivity index (χ1) is 13.4. The van der Waals surface area contributed by atoms with Gasteiger partial charge in [-0.05, 0) is 24.1 Å². The summed E-state index contributed by atoms with van der Waals surface area (Å²) in [7, 11) is -3.79. The molecule has 1 aliphatic heterocycles. The van der Waals surface area contributed by atoms with E-state index in [9.17, 15) is 18.5 Å². The first-order valence-electron chi connectivity index (χ1n) is 8.95. The van der Waals surface area contributed by atoms with Crippen molar-refractivity contribution in [3.63, 3.8) is 0 Å². The van der Waals surface area contributed by atoms with Crippen molar-refractivity contribution in [1.82, 2.24) is 14.1 Å². The van der Waals surface area contributed by atoms with Crippen molar-refractivity contribution in [2.24, 2.45) is 5.92 Å². The van der Waals surface area contributed by atoms with Gasteiger partial charge in [0.25, 0.3) is 5.69 Å². The molecule has 0 radical (unpaired) electrons. The smallest absolute Gasteiger partial charge is 0.293 e. The fourth-order valence-corrected chi connectivity index (χ4v) is 4.41. The van der Waals surface area contributed by atoms with Gasteiger partial charge in [0.2, 0.25) is 10.0 Å². The highest BCUT2D eigenvalue weighted by atomic mass is 32.2. The topological polar surface area (TPSA) is 120 Å². The van der Waals surface area contributed by atoms with Crippen LogP contribution in [0.1, 0.15) is 6.92 Å². The molecule has 0 bridgehead atoms. The Balaban J connectivity index is 1.74. The second kappa shape index (κ2) is 8.67. The lowest BCUT2D eigenvalue weighted by Gasteiger charge is -2.26. The van der Waals surface area contributed by atoms with Gasteiger partial charge in [-0.3, -0.25) is 14.8 Å². The predicted molar refractivity (Wildman–Crippen MR) is 103 cm³/mol. The van der Waals surface area contributed by atoms with Gasteiger partial charge in [0, 0.05) is 44.6 Å². The molecule has 2 heterocycles. The summed E-state index contributed by atoms with van der Waals surface area (Å²) in [6.07, 6.45) is 3.54. The third kappa shape index (κ3) is 4.66. The molecule has 1 saturated heterocycles. The normalized spacial score (nSPS) is 16.6.